The molecule has 1 amide bonds. The zero-order valence-corrected chi connectivity index (χ0v) is 11.7. The number of aromatic nitrogens is 1. The van der Waals surface area contributed by atoms with Crippen LogP contribution in [-0.4, -0.2) is 23.7 Å². The van der Waals surface area contributed by atoms with E-state index < -0.39 is 24.5 Å². The van der Waals surface area contributed by atoms with Crippen molar-refractivity contribution in [1.29, 1.82) is 0 Å². The molecular weight excluding hydrogens is 316 g/mol. The van der Waals surface area contributed by atoms with Gasteiger partial charge in [-0.05, 0) is 12.1 Å². The molecule has 1 N–H and O–H groups in total. The number of ether oxygens (including phenoxy) is 1. The molecule has 2 aromatic rings. The van der Waals surface area contributed by atoms with E-state index in [-0.39, 0.29) is 18.0 Å². The van der Waals surface area contributed by atoms with Gasteiger partial charge in [-0.15, -0.1) is 0 Å². The third kappa shape index (κ3) is 5.24. The molecule has 0 saturated carbocycles. The van der Waals surface area contributed by atoms with Crippen LogP contribution in [-0.2, 0) is 6.54 Å². The Hall–Kier alpha value is -2.64. The zero-order chi connectivity index (χ0) is 16.9. The molecule has 4 nitrogen and oxygen atoms in total. The van der Waals surface area contributed by atoms with Crippen LogP contribution < -0.4 is 10.1 Å². The minimum absolute atomic E-state index is 0.0160. The zero-order valence-electron chi connectivity index (χ0n) is 11.7. The Labute approximate surface area is 129 Å². The normalized spacial score (nSPS) is 11.1. The van der Waals surface area contributed by atoms with E-state index in [0.29, 0.717) is 5.56 Å². The van der Waals surface area contributed by atoms with E-state index in [2.05, 4.69) is 15.0 Å². The Morgan fingerprint density at radius 3 is 2.52 bits per heavy atom. The SMILES string of the molecule is O=C(NCc1ccccc1F)c1ccc(OCC(F)(F)F)nc1. The average molecular weight is 328 g/mol. The van der Waals surface area contributed by atoms with Crippen molar-refractivity contribution >= 4 is 5.91 Å². The Bertz CT molecular complexity index is 672. The maximum absolute atomic E-state index is 13.4. The lowest BCUT2D eigenvalue weighted by atomic mass is 10.2. The van der Waals surface area contributed by atoms with E-state index in [4.69, 9.17) is 0 Å². The summed E-state index contributed by atoms with van der Waals surface area (Å²) in [4.78, 5) is 15.5. The van der Waals surface area contributed by atoms with Gasteiger partial charge in [-0.25, -0.2) is 9.37 Å². The second-order valence-electron chi connectivity index (χ2n) is 4.56. The molecule has 0 unspecified atom stereocenters. The maximum Gasteiger partial charge on any atom is 0.422 e. The average Bonchev–Trinajstić information content (AvgIpc) is 2.52. The van der Waals surface area contributed by atoms with Gasteiger partial charge in [0.15, 0.2) is 6.61 Å². The van der Waals surface area contributed by atoms with E-state index in [1.165, 1.54) is 24.3 Å². The van der Waals surface area contributed by atoms with Crippen molar-refractivity contribution < 1.29 is 27.1 Å². The van der Waals surface area contributed by atoms with E-state index in [1.807, 2.05) is 0 Å². The summed E-state index contributed by atoms with van der Waals surface area (Å²) in [5.41, 5.74) is 0.444. The lowest BCUT2D eigenvalue weighted by Crippen LogP contribution is -2.23. The highest BCUT2D eigenvalue weighted by atomic mass is 19.4. The smallest absolute Gasteiger partial charge is 0.422 e. The van der Waals surface area contributed by atoms with Crippen molar-refractivity contribution in [3.63, 3.8) is 0 Å². The number of amides is 1. The van der Waals surface area contributed by atoms with Gasteiger partial charge in [-0.2, -0.15) is 13.2 Å². The second kappa shape index (κ2) is 7.08. The van der Waals surface area contributed by atoms with Crippen LogP contribution in [0.4, 0.5) is 17.6 Å². The molecule has 122 valence electrons. The maximum atomic E-state index is 13.4. The fourth-order valence-electron chi connectivity index (χ4n) is 1.68. The molecule has 8 heteroatoms. The molecule has 0 bridgehead atoms. The molecular formula is C15H12F4N2O2. The highest BCUT2D eigenvalue weighted by molar-refractivity contribution is 5.93. The summed E-state index contributed by atoms with van der Waals surface area (Å²) >= 11 is 0. The number of carbonyl (C=O) groups excluding carboxylic acids is 1. The Morgan fingerprint density at radius 1 is 1.17 bits per heavy atom. The number of carbonyl (C=O) groups is 1. The number of nitrogens with one attached hydrogen (secondary N) is 1. The number of halogens is 4. The predicted octanol–water partition coefficient (Wildman–Crippen LogP) is 3.09. The molecule has 0 fully saturated rings. The topological polar surface area (TPSA) is 51.2 Å². The first-order valence-electron chi connectivity index (χ1n) is 6.52. The molecule has 0 spiro atoms. The molecule has 1 heterocycles. The Morgan fingerprint density at radius 2 is 1.91 bits per heavy atom. The fraction of sp³-hybridized carbons (Fsp3) is 0.200. The van der Waals surface area contributed by atoms with Crippen LogP contribution in [0.3, 0.4) is 0 Å². The quantitative estimate of drug-likeness (QED) is 0.858. The molecule has 0 aliphatic rings. The van der Waals surface area contributed by atoms with Gasteiger partial charge in [0.25, 0.3) is 5.91 Å². The van der Waals surface area contributed by atoms with Crippen LogP contribution in [0.25, 0.3) is 0 Å². The standard InChI is InChI=1S/C15H12F4N2O2/c16-12-4-2-1-3-10(12)7-21-14(22)11-5-6-13(20-8-11)23-9-15(17,18)19/h1-6,8H,7,9H2,(H,21,22). The molecule has 1 aromatic carbocycles. The largest absolute Gasteiger partial charge is 0.468 e. The van der Waals surface area contributed by atoms with Crippen molar-refractivity contribution in [1.82, 2.24) is 10.3 Å². The van der Waals surface area contributed by atoms with Gasteiger partial charge >= 0.3 is 6.18 Å². The number of alkyl halides is 3. The predicted molar refractivity (Wildman–Crippen MR) is 73.4 cm³/mol. The molecule has 0 atom stereocenters. The summed E-state index contributed by atoms with van der Waals surface area (Å²) < 4.78 is 53.8. The van der Waals surface area contributed by atoms with Crippen LogP contribution in [0.1, 0.15) is 15.9 Å². The lowest BCUT2D eigenvalue weighted by molar-refractivity contribution is -0.154. The monoisotopic (exact) mass is 328 g/mol. The number of benzene rings is 1. The van der Waals surface area contributed by atoms with E-state index >= 15 is 0 Å². The third-order valence-corrected chi connectivity index (χ3v) is 2.78. The summed E-state index contributed by atoms with van der Waals surface area (Å²) in [7, 11) is 0. The van der Waals surface area contributed by atoms with Crippen LogP contribution >= 0.6 is 0 Å². The van der Waals surface area contributed by atoms with E-state index in [9.17, 15) is 22.4 Å². The number of nitrogens with zero attached hydrogens (tertiary/aromatic N) is 1. The molecule has 0 saturated heterocycles. The number of hydrogen-bond acceptors (Lipinski definition) is 3. The van der Waals surface area contributed by atoms with Gasteiger partial charge in [-0.1, -0.05) is 18.2 Å². The summed E-state index contributed by atoms with van der Waals surface area (Å²) in [5, 5.41) is 2.49. The minimum atomic E-state index is -4.46. The molecule has 0 aliphatic carbocycles. The van der Waals surface area contributed by atoms with Gasteiger partial charge in [0.1, 0.15) is 5.82 Å². The van der Waals surface area contributed by atoms with Gasteiger partial charge < -0.3 is 10.1 Å². The highest BCUT2D eigenvalue weighted by Gasteiger charge is 2.28. The molecule has 0 aliphatic heterocycles. The highest BCUT2D eigenvalue weighted by Crippen LogP contribution is 2.17. The van der Waals surface area contributed by atoms with Crippen LogP contribution in [0.5, 0.6) is 5.88 Å². The molecule has 23 heavy (non-hydrogen) atoms. The third-order valence-electron chi connectivity index (χ3n) is 2.78. The molecule has 0 radical (unpaired) electrons. The Kier molecular flexibility index (Phi) is 5.15. The summed E-state index contributed by atoms with van der Waals surface area (Å²) in [5.74, 6) is -1.21. The van der Waals surface area contributed by atoms with Gasteiger partial charge in [0.05, 0.1) is 5.56 Å². The summed E-state index contributed by atoms with van der Waals surface area (Å²) in [6, 6.07) is 8.40. The second-order valence-corrected chi connectivity index (χ2v) is 4.56. The summed E-state index contributed by atoms with van der Waals surface area (Å²) in [6.07, 6.45) is -3.38. The van der Waals surface area contributed by atoms with Crippen molar-refractivity contribution in [3.05, 3.63) is 59.5 Å². The van der Waals surface area contributed by atoms with Crippen molar-refractivity contribution in [2.75, 3.05) is 6.61 Å². The van der Waals surface area contributed by atoms with Gasteiger partial charge in [0, 0.05) is 24.4 Å². The van der Waals surface area contributed by atoms with Crippen molar-refractivity contribution in [2.24, 2.45) is 0 Å². The first kappa shape index (κ1) is 16.7. The summed E-state index contributed by atoms with van der Waals surface area (Å²) in [6.45, 7) is -1.48. The lowest BCUT2D eigenvalue weighted by Gasteiger charge is -2.09. The van der Waals surface area contributed by atoms with E-state index in [1.54, 1.807) is 6.07 Å². The van der Waals surface area contributed by atoms with Crippen LogP contribution in [0, 0.1) is 5.82 Å². The molecule has 1 aromatic heterocycles. The minimum Gasteiger partial charge on any atom is -0.468 e. The molecule has 2 rings (SSSR count). The number of rotatable bonds is 5. The van der Waals surface area contributed by atoms with E-state index in [0.717, 1.165) is 12.3 Å². The van der Waals surface area contributed by atoms with Crippen molar-refractivity contribution in [2.45, 2.75) is 12.7 Å². The number of pyridine rings is 1. The number of hydrogen-bond donors (Lipinski definition) is 1. The van der Waals surface area contributed by atoms with Crippen LogP contribution in [0.2, 0.25) is 0 Å². The van der Waals surface area contributed by atoms with Crippen LogP contribution in [0.15, 0.2) is 42.6 Å². The Balaban J connectivity index is 1.91. The first-order chi connectivity index (χ1) is 10.8. The van der Waals surface area contributed by atoms with Gasteiger partial charge in [0.2, 0.25) is 5.88 Å². The van der Waals surface area contributed by atoms with Gasteiger partial charge in [-0.3, -0.25) is 4.79 Å². The fourth-order valence-corrected chi connectivity index (χ4v) is 1.68. The first-order valence-corrected chi connectivity index (χ1v) is 6.52. The van der Waals surface area contributed by atoms with Crippen molar-refractivity contribution in [3.8, 4) is 5.88 Å².